The third-order valence-electron chi connectivity index (χ3n) is 3.27. The van der Waals surface area contributed by atoms with Crippen LogP contribution in [0.3, 0.4) is 0 Å². The van der Waals surface area contributed by atoms with Crippen molar-refractivity contribution in [2.45, 2.75) is 6.54 Å². The van der Waals surface area contributed by atoms with E-state index in [0.29, 0.717) is 35.3 Å². The number of carbonyl (C=O) groups is 1. The Labute approximate surface area is 125 Å². The molecule has 2 heterocycles. The van der Waals surface area contributed by atoms with Crippen LogP contribution in [-0.4, -0.2) is 34.8 Å². The first-order valence-electron chi connectivity index (χ1n) is 6.28. The van der Waals surface area contributed by atoms with Crippen molar-refractivity contribution in [1.82, 2.24) is 14.8 Å². The van der Waals surface area contributed by atoms with E-state index >= 15 is 0 Å². The zero-order valence-electron chi connectivity index (χ0n) is 11.2. The van der Waals surface area contributed by atoms with E-state index in [-0.39, 0.29) is 0 Å². The Morgan fingerprint density at radius 2 is 2.33 bits per heavy atom. The van der Waals surface area contributed by atoms with Gasteiger partial charge in [0.1, 0.15) is 5.69 Å². The largest absolute Gasteiger partial charge is 0.422 e. The van der Waals surface area contributed by atoms with Crippen molar-refractivity contribution in [3.05, 3.63) is 35.2 Å². The lowest BCUT2D eigenvalue weighted by Crippen LogP contribution is -2.06. The van der Waals surface area contributed by atoms with Gasteiger partial charge >= 0.3 is 0 Å². The third-order valence-corrected chi connectivity index (χ3v) is 3.50. The first-order chi connectivity index (χ1) is 10.3. The maximum Gasteiger partial charge on any atom is 0.264 e. The van der Waals surface area contributed by atoms with Gasteiger partial charge in [-0.2, -0.15) is 0 Å². The number of methoxy groups -OCH3 is 1. The van der Waals surface area contributed by atoms with Gasteiger partial charge in [0, 0.05) is 24.1 Å². The molecule has 0 spiro atoms. The number of aromatic nitrogens is 3. The van der Waals surface area contributed by atoms with Crippen LogP contribution < -0.4 is 0 Å². The average molecular weight is 306 g/mol. The molecule has 0 saturated carbocycles. The number of halogens is 1. The molecule has 0 aliphatic heterocycles. The summed E-state index contributed by atoms with van der Waals surface area (Å²) in [4.78, 5) is 11.5. The van der Waals surface area contributed by atoms with Gasteiger partial charge in [0.15, 0.2) is 6.29 Å². The van der Waals surface area contributed by atoms with Crippen molar-refractivity contribution in [2.24, 2.45) is 0 Å². The van der Waals surface area contributed by atoms with Crippen molar-refractivity contribution < 1.29 is 13.9 Å². The fourth-order valence-electron chi connectivity index (χ4n) is 2.39. The van der Waals surface area contributed by atoms with Gasteiger partial charge in [0.25, 0.3) is 5.89 Å². The Kier molecular flexibility index (Phi) is 3.72. The standard InChI is InChI=1S/C14H12ClN3O3/c1-20-5-4-18-12-6-9(15)2-3-10(12)11(7-19)13(18)14-17-16-8-21-14/h2-3,6-8H,4-5H2,1H3. The summed E-state index contributed by atoms with van der Waals surface area (Å²) >= 11 is 6.07. The maximum atomic E-state index is 11.5. The molecule has 0 fully saturated rings. The molecule has 0 unspecified atom stereocenters. The summed E-state index contributed by atoms with van der Waals surface area (Å²) in [7, 11) is 1.62. The van der Waals surface area contributed by atoms with E-state index in [9.17, 15) is 4.79 Å². The zero-order valence-corrected chi connectivity index (χ0v) is 12.0. The Morgan fingerprint density at radius 1 is 1.48 bits per heavy atom. The summed E-state index contributed by atoms with van der Waals surface area (Å²) in [5.74, 6) is 0.292. The first-order valence-corrected chi connectivity index (χ1v) is 6.66. The van der Waals surface area contributed by atoms with Crippen LogP contribution in [-0.2, 0) is 11.3 Å². The van der Waals surface area contributed by atoms with Gasteiger partial charge in [0.2, 0.25) is 6.39 Å². The monoisotopic (exact) mass is 305 g/mol. The van der Waals surface area contributed by atoms with Gasteiger partial charge in [-0.15, -0.1) is 10.2 Å². The van der Waals surface area contributed by atoms with E-state index in [4.69, 9.17) is 20.8 Å². The molecular weight excluding hydrogens is 294 g/mol. The van der Waals surface area contributed by atoms with E-state index < -0.39 is 0 Å². The summed E-state index contributed by atoms with van der Waals surface area (Å²) < 4.78 is 12.3. The van der Waals surface area contributed by atoms with Crippen LogP contribution in [0.4, 0.5) is 0 Å². The van der Waals surface area contributed by atoms with Gasteiger partial charge in [0.05, 0.1) is 17.7 Å². The Hall–Kier alpha value is -2.18. The second-order valence-corrected chi connectivity index (χ2v) is 4.87. The highest BCUT2D eigenvalue weighted by Crippen LogP contribution is 2.33. The number of ether oxygens (including phenoxy) is 1. The lowest BCUT2D eigenvalue weighted by atomic mass is 10.1. The minimum Gasteiger partial charge on any atom is -0.422 e. The van der Waals surface area contributed by atoms with E-state index in [0.717, 1.165) is 17.2 Å². The van der Waals surface area contributed by atoms with Crippen LogP contribution in [0.1, 0.15) is 10.4 Å². The molecule has 7 heteroatoms. The third kappa shape index (κ3) is 2.32. The van der Waals surface area contributed by atoms with Crippen molar-refractivity contribution in [2.75, 3.05) is 13.7 Å². The van der Waals surface area contributed by atoms with E-state index in [1.807, 2.05) is 10.6 Å². The molecule has 0 aliphatic carbocycles. The number of nitrogens with zero attached hydrogens (tertiary/aromatic N) is 3. The predicted octanol–water partition coefficient (Wildman–Crippen LogP) is 2.80. The van der Waals surface area contributed by atoms with E-state index in [1.54, 1.807) is 19.2 Å². The van der Waals surface area contributed by atoms with E-state index in [2.05, 4.69) is 10.2 Å². The molecule has 3 aromatic rings. The molecule has 0 saturated heterocycles. The number of carbonyl (C=O) groups excluding carboxylic acids is 1. The number of aldehydes is 1. The number of benzene rings is 1. The predicted molar refractivity (Wildman–Crippen MR) is 77.5 cm³/mol. The topological polar surface area (TPSA) is 70.2 Å². The SMILES string of the molecule is COCCn1c(-c2nnco2)c(C=O)c2ccc(Cl)cc21. The van der Waals surface area contributed by atoms with Gasteiger partial charge < -0.3 is 13.7 Å². The molecule has 6 nitrogen and oxygen atoms in total. The lowest BCUT2D eigenvalue weighted by Gasteiger charge is -2.08. The van der Waals surface area contributed by atoms with Crippen LogP contribution in [0.15, 0.2) is 29.0 Å². The van der Waals surface area contributed by atoms with Crippen molar-refractivity contribution >= 4 is 28.8 Å². The van der Waals surface area contributed by atoms with Gasteiger partial charge in [-0.25, -0.2) is 0 Å². The molecule has 0 aliphatic rings. The minimum atomic E-state index is 0.292. The Bertz CT molecular complexity index is 780. The molecule has 0 radical (unpaired) electrons. The molecule has 0 N–H and O–H groups in total. The van der Waals surface area contributed by atoms with Crippen LogP contribution >= 0.6 is 11.6 Å². The fourth-order valence-corrected chi connectivity index (χ4v) is 2.56. The number of hydrogen-bond acceptors (Lipinski definition) is 5. The summed E-state index contributed by atoms with van der Waals surface area (Å²) in [6, 6.07) is 5.36. The van der Waals surface area contributed by atoms with Crippen LogP contribution in [0.25, 0.3) is 22.5 Å². The maximum absolute atomic E-state index is 11.5. The molecule has 1 aromatic carbocycles. The highest BCUT2D eigenvalue weighted by atomic mass is 35.5. The molecule has 108 valence electrons. The Morgan fingerprint density at radius 3 is 3.00 bits per heavy atom. The van der Waals surface area contributed by atoms with Crippen LogP contribution in [0, 0.1) is 0 Å². The van der Waals surface area contributed by atoms with Gasteiger partial charge in [-0.1, -0.05) is 17.7 Å². The quantitative estimate of drug-likeness (QED) is 0.678. The second-order valence-electron chi connectivity index (χ2n) is 4.43. The molecule has 0 atom stereocenters. The summed E-state index contributed by atoms with van der Waals surface area (Å²) in [6.45, 7) is 1.02. The normalized spacial score (nSPS) is 11.1. The zero-order chi connectivity index (χ0) is 14.8. The smallest absolute Gasteiger partial charge is 0.264 e. The molecule has 0 bridgehead atoms. The fraction of sp³-hybridized carbons (Fsp3) is 0.214. The van der Waals surface area contributed by atoms with Crippen molar-refractivity contribution in [3.8, 4) is 11.6 Å². The van der Waals surface area contributed by atoms with Crippen LogP contribution in [0.2, 0.25) is 5.02 Å². The van der Waals surface area contributed by atoms with E-state index in [1.165, 1.54) is 6.39 Å². The molecule has 3 rings (SSSR count). The summed E-state index contributed by atoms with van der Waals surface area (Å²) in [5, 5.41) is 8.97. The molecule has 21 heavy (non-hydrogen) atoms. The molecular formula is C14H12ClN3O3. The summed E-state index contributed by atoms with van der Waals surface area (Å²) in [6.07, 6.45) is 2.02. The molecule has 0 amide bonds. The minimum absolute atomic E-state index is 0.292. The van der Waals surface area contributed by atoms with Crippen molar-refractivity contribution in [3.63, 3.8) is 0 Å². The molecule has 2 aromatic heterocycles. The van der Waals surface area contributed by atoms with Crippen molar-refractivity contribution in [1.29, 1.82) is 0 Å². The second kappa shape index (κ2) is 5.67. The summed E-state index contributed by atoms with van der Waals surface area (Å²) in [5.41, 5.74) is 1.91. The van der Waals surface area contributed by atoms with Gasteiger partial charge in [-0.05, 0) is 12.1 Å². The van der Waals surface area contributed by atoms with Crippen LogP contribution in [0.5, 0.6) is 0 Å². The van der Waals surface area contributed by atoms with Gasteiger partial charge in [-0.3, -0.25) is 4.79 Å². The Balaban J connectivity index is 2.33. The lowest BCUT2D eigenvalue weighted by molar-refractivity contribution is 0.112. The number of rotatable bonds is 5. The first kappa shape index (κ1) is 13.8. The highest BCUT2D eigenvalue weighted by Gasteiger charge is 2.21. The number of hydrogen-bond donors (Lipinski definition) is 0. The number of fused-ring (bicyclic) bond motifs is 1. The average Bonchev–Trinajstić information content (AvgIpc) is 3.10. The highest BCUT2D eigenvalue weighted by molar-refractivity contribution is 6.31.